The smallest absolute Gasteiger partial charge is 0.240 e. The molecular formula is C17H26Cl2N4OS. The number of carbonyl (C=O) groups excluding carboxylic acids is 1. The average Bonchev–Trinajstić information content (AvgIpc) is 2.85. The number of piperidine rings is 1. The highest BCUT2D eigenvalue weighted by molar-refractivity contribution is 7.97. The number of aromatic nitrogens is 2. The van der Waals surface area contributed by atoms with E-state index in [4.69, 9.17) is 0 Å². The van der Waals surface area contributed by atoms with Gasteiger partial charge in [0.25, 0.3) is 0 Å². The summed E-state index contributed by atoms with van der Waals surface area (Å²) >= 11 is 1.72. The molecule has 3 rings (SSSR count). The summed E-state index contributed by atoms with van der Waals surface area (Å²) in [6, 6.07) is 8.76. The molecular weight excluding hydrogens is 379 g/mol. The zero-order chi connectivity index (χ0) is 16.2. The summed E-state index contributed by atoms with van der Waals surface area (Å²) in [5.74, 6) is 1.86. The van der Waals surface area contributed by atoms with E-state index < -0.39 is 0 Å². The lowest BCUT2D eigenvalue weighted by atomic mass is 10.0. The van der Waals surface area contributed by atoms with E-state index in [-0.39, 0.29) is 36.8 Å². The van der Waals surface area contributed by atoms with Gasteiger partial charge in [-0.2, -0.15) is 11.8 Å². The standard InChI is InChI=1S/C17H24N4OS.2ClH/c1-12-9-13(7-8-18-12)19-17(22)10-21-15-6-4-3-5-14(15)20-16(21)11-23-2;;/h3-6,12-13,18H,7-11H2,1-2H3,(H,19,22);2*1H. The van der Waals surface area contributed by atoms with Crippen molar-refractivity contribution in [3.63, 3.8) is 0 Å². The molecule has 2 N–H and O–H groups in total. The summed E-state index contributed by atoms with van der Waals surface area (Å²) in [6.07, 6.45) is 4.05. The third-order valence-corrected chi connectivity index (χ3v) is 4.84. The van der Waals surface area contributed by atoms with Crippen LogP contribution in [0.5, 0.6) is 0 Å². The molecule has 2 unspecified atom stereocenters. The Morgan fingerprint density at radius 2 is 2.16 bits per heavy atom. The number of benzene rings is 1. The normalized spacial score (nSPS) is 19.8. The van der Waals surface area contributed by atoms with Gasteiger partial charge in [-0.3, -0.25) is 4.79 Å². The molecule has 1 amide bonds. The first-order valence-corrected chi connectivity index (χ1v) is 9.52. The fourth-order valence-electron chi connectivity index (χ4n) is 3.22. The third-order valence-electron chi connectivity index (χ3n) is 4.30. The summed E-state index contributed by atoms with van der Waals surface area (Å²) in [7, 11) is 0. The molecule has 1 aromatic carbocycles. The van der Waals surface area contributed by atoms with Gasteiger partial charge >= 0.3 is 0 Å². The molecule has 1 aliphatic rings. The Morgan fingerprint density at radius 1 is 1.40 bits per heavy atom. The number of hydrogen-bond donors (Lipinski definition) is 2. The van der Waals surface area contributed by atoms with E-state index in [0.29, 0.717) is 12.6 Å². The fourth-order valence-corrected chi connectivity index (χ4v) is 3.70. The van der Waals surface area contributed by atoms with Gasteiger partial charge in [0.1, 0.15) is 12.4 Å². The van der Waals surface area contributed by atoms with Gasteiger partial charge in [0.15, 0.2) is 0 Å². The zero-order valence-electron chi connectivity index (χ0n) is 14.5. The van der Waals surface area contributed by atoms with E-state index in [1.807, 2.05) is 28.8 Å². The van der Waals surface area contributed by atoms with Crippen LogP contribution in [0.3, 0.4) is 0 Å². The largest absolute Gasteiger partial charge is 0.352 e. The summed E-state index contributed by atoms with van der Waals surface area (Å²) in [6.45, 7) is 3.48. The molecule has 1 aromatic heterocycles. The third kappa shape index (κ3) is 5.51. The van der Waals surface area contributed by atoms with Crippen LogP contribution in [0.1, 0.15) is 25.6 Å². The van der Waals surface area contributed by atoms with Crippen LogP contribution in [-0.4, -0.2) is 40.3 Å². The fraction of sp³-hybridized carbons (Fsp3) is 0.529. The van der Waals surface area contributed by atoms with Gasteiger partial charge < -0.3 is 15.2 Å². The van der Waals surface area contributed by atoms with Crippen molar-refractivity contribution in [2.75, 3.05) is 12.8 Å². The van der Waals surface area contributed by atoms with Gasteiger partial charge in [-0.1, -0.05) is 12.1 Å². The minimum absolute atomic E-state index is 0. The molecule has 2 heterocycles. The second kappa shape index (κ2) is 10.3. The van der Waals surface area contributed by atoms with Crippen molar-refractivity contribution >= 4 is 53.5 Å². The molecule has 0 saturated carbocycles. The molecule has 1 aliphatic heterocycles. The number of amides is 1. The Balaban J connectivity index is 0.00000156. The van der Waals surface area contributed by atoms with Crippen LogP contribution in [0.4, 0.5) is 0 Å². The minimum Gasteiger partial charge on any atom is -0.352 e. The first kappa shape index (κ1) is 22.1. The molecule has 2 aromatic rings. The molecule has 0 bridgehead atoms. The number of nitrogens with zero attached hydrogens (tertiary/aromatic N) is 2. The SMILES string of the molecule is CSCc1nc2ccccc2n1CC(=O)NC1CCNC(C)C1.Cl.Cl. The number of imidazole rings is 1. The lowest BCUT2D eigenvalue weighted by Crippen LogP contribution is -2.47. The van der Waals surface area contributed by atoms with Gasteiger partial charge in [0.05, 0.1) is 16.8 Å². The molecule has 0 spiro atoms. The van der Waals surface area contributed by atoms with Crippen molar-refractivity contribution in [3.05, 3.63) is 30.1 Å². The van der Waals surface area contributed by atoms with Crippen molar-refractivity contribution < 1.29 is 4.79 Å². The van der Waals surface area contributed by atoms with Gasteiger partial charge in [0.2, 0.25) is 5.91 Å². The topological polar surface area (TPSA) is 59.0 Å². The van der Waals surface area contributed by atoms with Gasteiger partial charge in [0, 0.05) is 12.1 Å². The van der Waals surface area contributed by atoms with E-state index in [1.54, 1.807) is 11.8 Å². The average molecular weight is 405 g/mol. The van der Waals surface area contributed by atoms with Crippen LogP contribution in [0.25, 0.3) is 11.0 Å². The lowest BCUT2D eigenvalue weighted by molar-refractivity contribution is -0.122. The van der Waals surface area contributed by atoms with E-state index >= 15 is 0 Å². The second-order valence-electron chi connectivity index (χ2n) is 6.18. The maximum Gasteiger partial charge on any atom is 0.240 e. The monoisotopic (exact) mass is 404 g/mol. The Hall–Kier alpha value is -0.950. The summed E-state index contributed by atoms with van der Waals surface area (Å²) in [5, 5.41) is 6.60. The quantitative estimate of drug-likeness (QED) is 0.803. The summed E-state index contributed by atoms with van der Waals surface area (Å²) < 4.78 is 2.05. The molecule has 25 heavy (non-hydrogen) atoms. The molecule has 2 atom stereocenters. The van der Waals surface area contributed by atoms with Crippen LogP contribution in [0.15, 0.2) is 24.3 Å². The Labute approximate surface area is 165 Å². The molecule has 0 aliphatic carbocycles. The Morgan fingerprint density at radius 3 is 2.88 bits per heavy atom. The van der Waals surface area contributed by atoms with E-state index in [9.17, 15) is 4.79 Å². The number of halogens is 2. The number of carbonyl (C=O) groups is 1. The molecule has 1 saturated heterocycles. The Kier molecular flexibility index (Phi) is 9.07. The van der Waals surface area contributed by atoms with Gasteiger partial charge in [-0.25, -0.2) is 4.98 Å². The maximum atomic E-state index is 12.5. The van der Waals surface area contributed by atoms with Crippen molar-refractivity contribution in [2.45, 2.75) is 44.1 Å². The van der Waals surface area contributed by atoms with E-state index in [1.165, 1.54) is 0 Å². The molecule has 8 heteroatoms. The Bertz CT molecular complexity index is 694. The second-order valence-corrected chi connectivity index (χ2v) is 7.05. The van der Waals surface area contributed by atoms with Gasteiger partial charge in [-0.05, 0) is 44.7 Å². The zero-order valence-corrected chi connectivity index (χ0v) is 17.0. The number of thioether (sulfide) groups is 1. The predicted molar refractivity (Wildman–Crippen MR) is 110 cm³/mol. The summed E-state index contributed by atoms with van der Waals surface area (Å²) in [5.41, 5.74) is 1.99. The molecule has 140 valence electrons. The van der Waals surface area contributed by atoms with Gasteiger partial charge in [-0.15, -0.1) is 24.8 Å². The van der Waals surface area contributed by atoms with Crippen LogP contribution < -0.4 is 10.6 Å². The highest BCUT2D eigenvalue weighted by Gasteiger charge is 2.21. The highest BCUT2D eigenvalue weighted by Crippen LogP contribution is 2.19. The first-order chi connectivity index (χ1) is 11.2. The molecule has 1 fully saturated rings. The van der Waals surface area contributed by atoms with Crippen LogP contribution in [-0.2, 0) is 17.1 Å². The van der Waals surface area contributed by atoms with E-state index in [0.717, 1.165) is 42.0 Å². The van der Waals surface area contributed by atoms with Crippen LogP contribution in [0, 0.1) is 0 Å². The number of para-hydroxylation sites is 2. The van der Waals surface area contributed by atoms with Crippen molar-refractivity contribution in [1.29, 1.82) is 0 Å². The van der Waals surface area contributed by atoms with Crippen LogP contribution >= 0.6 is 36.6 Å². The van der Waals surface area contributed by atoms with Crippen molar-refractivity contribution in [2.24, 2.45) is 0 Å². The van der Waals surface area contributed by atoms with E-state index in [2.05, 4.69) is 28.8 Å². The summed E-state index contributed by atoms with van der Waals surface area (Å²) in [4.78, 5) is 17.2. The highest BCUT2D eigenvalue weighted by atomic mass is 35.5. The predicted octanol–water partition coefficient (Wildman–Crippen LogP) is 3.00. The number of fused-ring (bicyclic) bond motifs is 1. The molecule has 0 radical (unpaired) electrons. The number of nitrogens with one attached hydrogen (secondary N) is 2. The van der Waals surface area contributed by atoms with Crippen molar-refractivity contribution in [1.82, 2.24) is 20.2 Å². The van der Waals surface area contributed by atoms with Crippen LogP contribution in [0.2, 0.25) is 0 Å². The minimum atomic E-state index is 0. The maximum absolute atomic E-state index is 12.5. The lowest BCUT2D eigenvalue weighted by Gasteiger charge is -2.28. The van der Waals surface area contributed by atoms with Crippen molar-refractivity contribution in [3.8, 4) is 0 Å². The number of hydrogen-bond acceptors (Lipinski definition) is 4. The number of rotatable bonds is 5. The first-order valence-electron chi connectivity index (χ1n) is 8.13. The molecule has 5 nitrogen and oxygen atoms in total.